The van der Waals surface area contributed by atoms with Crippen LogP contribution in [-0.4, -0.2) is 43.0 Å². The van der Waals surface area contributed by atoms with E-state index in [1.807, 2.05) is 0 Å². The molecule has 0 aromatic carbocycles. The van der Waals surface area contributed by atoms with Crippen LogP contribution in [0, 0.1) is 5.92 Å². The standard InChI is InChI=1S/C15H29N3O/c1-18(2)13-7-4-6-12(10-13)17-15(19)9-11-5-3-8-14(11)16/h11-14H,3-10,16H2,1-2H3,(H,17,19)/t11-,12?,13?,14+/m0/s1. The second-order valence-corrected chi connectivity index (χ2v) is 6.61. The number of nitrogens with two attached hydrogens (primary N) is 1. The number of nitrogens with one attached hydrogen (secondary N) is 1. The lowest BCUT2D eigenvalue weighted by molar-refractivity contribution is -0.123. The van der Waals surface area contributed by atoms with Crippen molar-refractivity contribution in [1.82, 2.24) is 10.2 Å². The van der Waals surface area contributed by atoms with Gasteiger partial charge in [-0.2, -0.15) is 0 Å². The zero-order valence-electron chi connectivity index (χ0n) is 12.4. The predicted molar refractivity (Wildman–Crippen MR) is 77.8 cm³/mol. The largest absolute Gasteiger partial charge is 0.353 e. The van der Waals surface area contributed by atoms with Crippen LogP contribution in [-0.2, 0) is 4.79 Å². The molecule has 0 bridgehead atoms. The quantitative estimate of drug-likeness (QED) is 0.811. The number of nitrogens with zero attached hydrogens (tertiary/aromatic N) is 1. The molecule has 0 saturated heterocycles. The van der Waals surface area contributed by atoms with E-state index in [0.717, 1.165) is 25.7 Å². The van der Waals surface area contributed by atoms with E-state index in [0.29, 0.717) is 24.4 Å². The number of rotatable bonds is 4. The van der Waals surface area contributed by atoms with Gasteiger partial charge >= 0.3 is 0 Å². The van der Waals surface area contributed by atoms with Gasteiger partial charge in [-0.15, -0.1) is 0 Å². The van der Waals surface area contributed by atoms with Crippen molar-refractivity contribution in [2.45, 2.75) is 69.5 Å². The van der Waals surface area contributed by atoms with Gasteiger partial charge in [0.15, 0.2) is 0 Å². The van der Waals surface area contributed by atoms with Gasteiger partial charge in [-0.25, -0.2) is 0 Å². The first-order chi connectivity index (χ1) is 9.06. The topological polar surface area (TPSA) is 58.4 Å². The molecule has 2 aliphatic carbocycles. The Labute approximate surface area is 117 Å². The molecule has 2 fully saturated rings. The van der Waals surface area contributed by atoms with Crippen LogP contribution in [0.5, 0.6) is 0 Å². The lowest BCUT2D eigenvalue weighted by Crippen LogP contribution is -2.44. The smallest absolute Gasteiger partial charge is 0.220 e. The molecule has 4 heteroatoms. The third-order valence-electron chi connectivity index (χ3n) is 4.91. The molecular formula is C15H29N3O. The molecule has 2 saturated carbocycles. The van der Waals surface area contributed by atoms with Crippen LogP contribution in [0.2, 0.25) is 0 Å². The maximum absolute atomic E-state index is 12.1. The van der Waals surface area contributed by atoms with Crippen LogP contribution in [0.15, 0.2) is 0 Å². The third-order valence-corrected chi connectivity index (χ3v) is 4.91. The van der Waals surface area contributed by atoms with E-state index in [-0.39, 0.29) is 11.9 Å². The second-order valence-electron chi connectivity index (χ2n) is 6.61. The fourth-order valence-corrected chi connectivity index (χ4v) is 3.61. The molecule has 4 atom stereocenters. The highest BCUT2D eigenvalue weighted by Gasteiger charge is 2.28. The molecule has 2 aliphatic rings. The molecule has 1 amide bonds. The van der Waals surface area contributed by atoms with Crippen molar-refractivity contribution in [2.24, 2.45) is 11.7 Å². The summed E-state index contributed by atoms with van der Waals surface area (Å²) in [6.45, 7) is 0. The number of carbonyl (C=O) groups excluding carboxylic acids is 1. The fourth-order valence-electron chi connectivity index (χ4n) is 3.61. The SMILES string of the molecule is CN(C)C1CCCC(NC(=O)C[C@@H]2CCC[C@H]2N)C1. The molecule has 0 aliphatic heterocycles. The van der Waals surface area contributed by atoms with Gasteiger partial charge in [-0.3, -0.25) is 4.79 Å². The van der Waals surface area contributed by atoms with Gasteiger partial charge in [0.25, 0.3) is 0 Å². The second kappa shape index (κ2) is 6.71. The summed E-state index contributed by atoms with van der Waals surface area (Å²) in [6, 6.07) is 1.23. The Morgan fingerprint density at radius 1 is 1.21 bits per heavy atom. The monoisotopic (exact) mass is 267 g/mol. The van der Waals surface area contributed by atoms with Crippen molar-refractivity contribution in [3.8, 4) is 0 Å². The van der Waals surface area contributed by atoms with Gasteiger partial charge < -0.3 is 16.0 Å². The van der Waals surface area contributed by atoms with Crippen LogP contribution in [0.3, 0.4) is 0 Å². The average Bonchev–Trinajstić information content (AvgIpc) is 2.75. The summed E-state index contributed by atoms with van der Waals surface area (Å²) < 4.78 is 0. The summed E-state index contributed by atoms with van der Waals surface area (Å²) in [7, 11) is 4.26. The summed E-state index contributed by atoms with van der Waals surface area (Å²) in [5.74, 6) is 0.625. The minimum Gasteiger partial charge on any atom is -0.353 e. The molecule has 4 nitrogen and oxygen atoms in total. The molecule has 110 valence electrons. The van der Waals surface area contributed by atoms with Crippen LogP contribution in [0.25, 0.3) is 0 Å². The molecule has 0 heterocycles. The number of amides is 1. The molecule has 2 rings (SSSR count). The Bertz CT molecular complexity index is 306. The number of hydrogen-bond acceptors (Lipinski definition) is 3. The predicted octanol–water partition coefficient (Wildman–Crippen LogP) is 1.49. The van der Waals surface area contributed by atoms with Crippen LogP contribution in [0.1, 0.15) is 51.4 Å². The van der Waals surface area contributed by atoms with Crippen LogP contribution < -0.4 is 11.1 Å². The Hall–Kier alpha value is -0.610. The molecular weight excluding hydrogens is 238 g/mol. The highest BCUT2D eigenvalue weighted by Crippen LogP contribution is 2.27. The normalized spacial score (nSPS) is 35.6. The maximum Gasteiger partial charge on any atom is 0.220 e. The van der Waals surface area contributed by atoms with Crippen LogP contribution in [0.4, 0.5) is 0 Å². The van der Waals surface area contributed by atoms with Crippen molar-refractivity contribution in [3.63, 3.8) is 0 Å². The van der Waals surface area contributed by atoms with E-state index >= 15 is 0 Å². The summed E-state index contributed by atoms with van der Waals surface area (Å²) in [6.07, 6.45) is 8.73. The van der Waals surface area contributed by atoms with E-state index in [9.17, 15) is 4.79 Å². The number of carbonyl (C=O) groups is 1. The summed E-state index contributed by atoms with van der Waals surface area (Å²) in [5.41, 5.74) is 6.04. The molecule has 0 aromatic heterocycles. The Kier molecular flexibility index (Phi) is 5.22. The molecule has 3 N–H and O–H groups in total. The first kappa shape index (κ1) is 14.8. The van der Waals surface area contributed by atoms with E-state index < -0.39 is 0 Å². The Morgan fingerprint density at radius 3 is 2.58 bits per heavy atom. The molecule has 0 aromatic rings. The molecule has 2 unspecified atom stereocenters. The van der Waals surface area contributed by atoms with E-state index in [1.165, 1.54) is 19.3 Å². The first-order valence-corrected chi connectivity index (χ1v) is 7.77. The zero-order chi connectivity index (χ0) is 13.8. The van der Waals surface area contributed by atoms with Gasteiger partial charge in [0, 0.05) is 24.5 Å². The van der Waals surface area contributed by atoms with Crippen molar-refractivity contribution in [1.29, 1.82) is 0 Å². The Balaban J connectivity index is 1.75. The van der Waals surface area contributed by atoms with Crippen molar-refractivity contribution in [2.75, 3.05) is 14.1 Å². The lowest BCUT2D eigenvalue weighted by Gasteiger charge is -2.34. The van der Waals surface area contributed by atoms with Gasteiger partial charge in [-0.1, -0.05) is 6.42 Å². The lowest BCUT2D eigenvalue weighted by atomic mass is 9.90. The highest BCUT2D eigenvalue weighted by atomic mass is 16.1. The summed E-state index contributed by atoms with van der Waals surface area (Å²) >= 11 is 0. The van der Waals surface area contributed by atoms with Crippen molar-refractivity contribution < 1.29 is 4.79 Å². The average molecular weight is 267 g/mol. The minimum atomic E-state index is 0.215. The van der Waals surface area contributed by atoms with Crippen molar-refractivity contribution >= 4 is 5.91 Å². The zero-order valence-corrected chi connectivity index (χ0v) is 12.4. The molecule has 0 spiro atoms. The fraction of sp³-hybridized carbons (Fsp3) is 0.933. The first-order valence-electron chi connectivity index (χ1n) is 7.77. The van der Waals surface area contributed by atoms with Gasteiger partial charge in [-0.05, 0) is 58.5 Å². The summed E-state index contributed by atoms with van der Waals surface area (Å²) in [5, 5.41) is 3.23. The van der Waals surface area contributed by atoms with Gasteiger partial charge in [0.1, 0.15) is 0 Å². The minimum absolute atomic E-state index is 0.215. The van der Waals surface area contributed by atoms with Crippen molar-refractivity contribution in [3.05, 3.63) is 0 Å². The maximum atomic E-state index is 12.1. The van der Waals surface area contributed by atoms with E-state index in [2.05, 4.69) is 24.3 Å². The van der Waals surface area contributed by atoms with Crippen LogP contribution >= 0.6 is 0 Å². The number of hydrogen-bond donors (Lipinski definition) is 2. The van der Waals surface area contributed by atoms with E-state index in [4.69, 9.17) is 5.73 Å². The Morgan fingerprint density at radius 2 is 1.95 bits per heavy atom. The molecule has 0 radical (unpaired) electrons. The van der Waals surface area contributed by atoms with E-state index in [1.54, 1.807) is 0 Å². The van der Waals surface area contributed by atoms with Gasteiger partial charge in [0.05, 0.1) is 0 Å². The van der Waals surface area contributed by atoms with Gasteiger partial charge in [0.2, 0.25) is 5.91 Å². The highest BCUT2D eigenvalue weighted by molar-refractivity contribution is 5.76. The third kappa shape index (κ3) is 4.18. The molecule has 19 heavy (non-hydrogen) atoms. The summed E-state index contributed by atoms with van der Waals surface area (Å²) in [4.78, 5) is 14.4.